The number of nitrogens with zero attached hydrogens (tertiary/aromatic N) is 3. The van der Waals surface area contributed by atoms with E-state index < -0.39 is 11.9 Å². The Labute approximate surface area is 116 Å². The highest BCUT2D eigenvalue weighted by atomic mass is 19.4. The van der Waals surface area contributed by atoms with Crippen molar-refractivity contribution in [2.75, 3.05) is 18.5 Å². The molecule has 1 aromatic rings. The molecular weight excluding hydrogens is 269 g/mol. The van der Waals surface area contributed by atoms with Gasteiger partial charge in [-0.25, -0.2) is 0 Å². The van der Waals surface area contributed by atoms with Crippen molar-refractivity contribution in [3.63, 3.8) is 0 Å². The molecule has 0 bridgehead atoms. The monoisotopic (exact) mass is 288 g/mol. The molecule has 0 spiro atoms. The van der Waals surface area contributed by atoms with Gasteiger partial charge in [-0.15, -0.1) is 10.2 Å². The molecule has 0 aromatic carbocycles. The zero-order valence-electron chi connectivity index (χ0n) is 11.4. The van der Waals surface area contributed by atoms with Crippen LogP contribution in [0.2, 0.25) is 0 Å². The first-order valence-corrected chi connectivity index (χ1v) is 6.77. The molecule has 0 aliphatic heterocycles. The Balaban J connectivity index is 2.14. The lowest BCUT2D eigenvalue weighted by atomic mass is 9.84. The number of hydrogen-bond acceptors (Lipinski definition) is 4. The molecule has 1 heterocycles. The van der Waals surface area contributed by atoms with Crippen LogP contribution in [-0.2, 0) is 6.18 Å². The SMILES string of the molecule is CN(c1ccc(C(F)(F)F)nn1)C1CCCCC1CN. The second-order valence-corrected chi connectivity index (χ2v) is 5.23. The molecule has 1 fully saturated rings. The zero-order valence-corrected chi connectivity index (χ0v) is 11.4. The number of halogens is 3. The summed E-state index contributed by atoms with van der Waals surface area (Å²) in [6, 6.07) is 2.57. The second-order valence-electron chi connectivity index (χ2n) is 5.23. The van der Waals surface area contributed by atoms with E-state index in [-0.39, 0.29) is 6.04 Å². The molecule has 0 radical (unpaired) electrons. The molecule has 7 heteroatoms. The summed E-state index contributed by atoms with van der Waals surface area (Å²) in [6.45, 7) is 0.586. The van der Waals surface area contributed by atoms with Crippen molar-refractivity contribution < 1.29 is 13.2 Å². The van der Waals surface area contributed by atoms with E-state index in [0.717, 1.165) is 31.7 Å². The maximum atomic E-state index is 12.5. The Morgan fingerprint density at radius 3 is 2.50 bits per heavy atom. The maximum Gasteiger partial charge on any atom is 0.435 e. The van der Waals surface area contributed by atoms with E-state index in [2.05, 4.69) is 10.2 Å². The topological polar surface area (TPSA) is 55.0 Å². The minimum atomic E-state index is -4.45. The molecule has 4 nitrogen and oxygen atoms in total. The largest absolute Gasteiger partial charge is 0.435 e. The Bertz CT molecular complexity index is 432. The number of anilines is 1. The van der Waals surface area contributed by atoms with Crippen LogP contribution < -0.4 is 10.6 Å². The third kappa shape index (κ3) is 3.20. The lowest BCUT2D eigenvalue weighted by molar-refractivity contribution is -0.141. The summed E-state index contributed by atoms with van der Waals surface area (Å²) in [5.41, 5.74) is 4.82. The molecule has 1 aliphatic carbocycles. The van der Waals surface area contributed by atoms with Crippen LogP contribution in [-0.4, -0.2) is 29.8 Å². The Hall–Kier alpha value is -1.37. The molecule has 2 unspecified atom stereocenters. The predicted molar refractivity (Wildman–Crippen MR) is 70.2 cm³/mol. The molecule has 1 aromatic heterocycles. The van der Waals surface area contributed by atoms with Crippen molar-refractivity contribution in [3.05, 3.63) is 17.8 Å². The minimum Gasteiger partial charge on any atom is -0.355 e. The number of rotatable bonds is 3. The van der Waals surface area contributed by atoms with Gasteiger partial charge in [0.05, 0.1) is 0 Å². The van der Waals surface area contributed by atoms with Crippen LogP contribution in [0.3, 0.4) is 0 Å². The zero-order chi connectivity index (χ0) is 14.8. The van der Waals surface area contributed by atoms with E-state index in [1.54, 1.807) is 0 Å². The molecule has 0 amide bonds. The van der Waals surface area contributed by atoms with E-state index in [1.807, 2.05) is 11.9 Å². The van der Waals surface area contributed by atoms with Gasteiger partial charge in [0, 0.05) is 13.1 Å². The van der Waals surface area contributed by atoms with Gasteiger partial charge < -0.3 is 10.6 Å². The number of nitrogens with two attached hydrogens (primary N) is 1. The van der Waals surface area contributed by atoms with Crippen molar-refractivity contribution in [1.29, 1.82) is 0 Å². The van der Waals surface area contributed by atoms with E-state index >= 15 is 0 Å². The first-order chi connectivity index (χ1) is 9.43. The molecule has 2 N–H and O–H groups in total. The molecule has 112 valence electrons. The van der Waals surface area contributed by atoms with Gasteiger partial charge in [-0.05, 0) is 37.4 Å². The van der Waals surface area contributed by atoms with Gasteiger partial charge in [0.1, 0.15) is 0 Å². The summed E-state index contributed by atoms with van der Waals surface area (Å²) in [6.07, 6.45) is -0.139. The summed E-state index contributed by atoms with van der Waals surface area (Å²) in [5.74, 6) is 0.821. The van der Waals surface area contributed by atoms with Crippen LogP contribution in [0, 0.1) is 5.92 Å². The second kappa shape index (κ2) is 5.95. The van der Waals surface area contributed by atoms with Gasteiger partial charge in [-0.3, -0.25) is 0 Å². The molecule has 2 rings (SSSR count). The highest BCUT2D eigenvalue weighted by Gasteiger charge is 2.33. The molecule has 1 saturated carbocycles. The Kier molecular flexibility index (Phi) is 4.47. The Morgan fingerprint density at radius 2 is 1.95 bits per heavy atom. The first-order valence-electron chi connectivity index (χ1n) is 6.77. The normalized spacial score (nSPS) is 23.6. The van der Waals surface area contributed by atoms with Crippen molar-refractivity contribution in [3.8, 4) is 0 Å². The maximum absolute atomic E-state index is 12.5. The third-order valence-electron chi connectivity index (χ3n) is 3.97. The number of alkyl halides is 3. The third-order valence-corrected chi connectivity index (χ3v) is 3.97. The van der Waals surface area contributed by atoms with Crippen LogP contribution in [0.25, 0.3) is 0 Å². The van der Waals surface area contributed by atoms with Gasteiger partial charge in [0.15, 0.2) is 11.5 Å². The number of aromatic nitrogens is 2. The van der Waals surface area contributed by atoms with E-state index in [0.29, 0.717) is 18.3 Å². The van der Waals surface area contributed by atoms with Crippen LogP contribution >= 0.6 is 0 Å². The van der Waals surface area contributed by atoms with Gasteiger partial charge in [-0.2, -0.15) is 13.2 Å². The van der Waals surface area contributed by atoms with Crippen LogP contribution in [0.15, 0.2) is 12.1 Å². The molecular formula is C13H19F3N4. The number of hydrogen-bond donors (Lipinski definition) is 1. The van der Waals surface area contributed by atoms with Gasteiger partial charge in [0.2, 0.25) is 0 Å². The summed E-state index contributed by atoms with van der Waals surface area (Å²) in [5, 5.41) is 6.97. The Morgan fingerprint density at radius 1 is 1.25 bits per heavy atom. The van der Waals surface area contributed by atoms with Gasteiger partial charge in [0.25, 0.3) is 0 Å². The first kappa shape index (κ1) is 15.0. The van der Waals surface area contributed by atoms with Crippen molar-refractivity contribution in [1.82, 2.24) is 10.2 Å². The average Bonchev–Trinajstić information content (AvgIpc) is 2.45. The summed E-state index contributed by atoms with van der Waals surface area (Å²) in [7, 11) is 1.84. The van der Waals surface area contributed by atoms with Gasteiger partial charge in [-0.1, -0.05) is 12.8 Å². The minimum absolute atomic E-state index is 0.222. The lowest BCUT2D eigenvalue weighted by Gasteiger charge is -2.38. The quantitative estimate of drug-likeness (QED) is 0.928. The highest BCUT2D eigenvalue weighted by molar-refractivity contribution is 5.38. The summed E-state index contributed by atoms with van der Waals surface area (Å²) >= 11 is 0. The molecule has 2 atom stereocenters. The molecule has 1 aliphatic rings. The van der Waals surface area contributed by atoms with Gasteiger partial charge >= 0.3 is 6.18 Å². The van der Waals surface area contributed by atoms with Crippen LogP contribution in [0.4, 0.5) is 19.0 Å². The van der Waals surface area contributed by atoms with E-state index in [1.165, 1.54) is 6.07 Å². The van der Waals surface area contributed by atoms with Crippen LogP contribution in [0.5, 0.6) is 0 Å². The highest BCUT2D eigenvalue weighted by Crippen LogP contribution is 2.31. The fraction of sp³-hybridized carbons (Fsp3) is 0.692. The average molecular weight is 288 g/mol. The standard InChI is InChI=1S/C13H19F3N4/c1-20(10-5-3-2-4-9(10)8-17)12-7-6-11(18-19-12)13(14,15)16/h6-7,9-10H,2-5,8,17H2,1H3. The fourth-order valence-corrected chi connectivity index (χ4v) is 2.81. The summed E-state index contributed by atoms with van der Waals surface area (Å²) in [4.78, 5) is 1.91. The van der Waals surface area contributed by atoms with Crippen LogP contribution in [0.1, 0.15) is 31.4 Å². The summed E-state index contributed by atoms with van der Waals surface area (Å²) < 4.78 is 37.4. The smallest absolute Gasteiger partial charge is 0.355 e. The van der Waals surface area contributed by atoms with E-state index in [4.69, 9.17) is 5.73 Å². The molecule has 0 saturated heterocycles. The van der Waals surface area contributed by atoms with Crippen molar-refractivity contribution >= 4 is 5.82 Å². The van der Waals surface area contributed by atoms with Crippen molar-refractivity contribution in [2.45, 2.75) is 37.9 Å². The fourth-order valence-electron chi connectivity index (χ4n) is 2.81. The lowest BCUT2D eigenvalue weighted by Crippen LogP contribution is -2.43. The predicted octanol–water partition coefficient (Wildman–Crippen LogP) is 2.45. The molecule has 20 heavy (non-hydrogen) atoms. The van der Waals surface area contributed by atoms with Crippen molar-refractivity contribution in [2.24, 2.45) is 11.7 Å². The van der Waals surface area contributed by atoms with E-state index in [9.17, 15) is 13.2 Å².